The second-order valence-corrected chi connectivity index (χ2v) is 4.29. The Bertz CT molecular complexity index is 376. The highest BCUT2D eigenvalue weighted by molar-refractivity contribution is 9.10. The first-order chi connectivity index (χ1) is 6.05. The van der Waals surface area contributed by atoms with Crippen LogP contribution in [0.4, 0.5) is 5.69 Å². The van der Waals surface area contributed by atoms with Crippen LogP contribution in [-0.4, -0.2) is 10.9 Å². The summed E-state index contributed by atoms with van der Waals surface area (Å²) in [6, 6.07) is 3.70. The minimum Gasteiger partial charge on any atom is -0.273 e. The SMILES string of the molecule is CC1(C)C(=O)N(Br)c2cccnc21. The second-order valence-electron chi connectivity index (χ2n) is 3.58. The fourth-order valence-corrected chi connectivity index (χ4v) is 2.22. The molecule has 1 aliphatic heterocycles. The maximum absolute atomic E-state index is 11.7. The van der Waals surface area contributed by atoms with Crippen LogP contribution in [0.15, 0.2) is 18.3 Å². The molecule has 0 aliphatic carbocycles. The molecule has 1 aromatic heterocycles. The third-order valence-corrected chi connectivity index (χ3v) is 3.01. The zero-order chi connectivity index (χ0) is 9.64. The smallest absolute Gasteiger partial charge is 0.248 e. The van der Waals surface area contributed by atoms with Gasteiger partial charge in [0.1, 0.15) is 0 Å². The summed E-state index contributed by atoms with van der Waals surface area (Å²) in [4.78, 5) is 15.9. The molecule has 13 heavy (non-hydrogen) atoms. The van der Waals surface area contributed by atoms with Gasteiger partial charge in [-0.3, -0.25) is 9.78 Å². The lowest BCUT2D eigenvalue weighted by atomic mass is 9.90. The molecule has 0 bridgehead atoms. The lowest BCUT2D eigenvalue weighted by Gasteiger charge is -2.13. The van der Waals surface area contributed by atoms with Gasteiger partial charge in [0.25, 0.3) is 0 Å². The van der Waals surface area contributed by atoms with Gasteiger partial charge in [-0.25, -0.2) is 3.93 Å². The van der Waals surface area contributed by atoms with Crippen molar-refractivity contribution in [2.75, 3.05) is 3.93 Å². The summed E-state index contributed by atoms with van der Waals surface area (Å²) in [7, 11) is 0. The predicted octanol–water partition coefficient (Wildman–Crippen LogP) is 2.02. The van der Waals surface area contributed by atoms with Crippen molar-refractivity contribution < 1.29 is 4.79 Å². The number of hydrogen-bond donors (Lipinski definition) is 0. The number of hydrogen-bond acceptors (Lipinski definition) is 2. The van der Waals surface area contributed by atoms with E-state index in [2.05, 4.69) is 21.1 Å². The number of fused-ring (bicyclic) bond motifs is 1. The molecule has 1 aliphatic rings. The lowest BCUT2D eigenvalue weighted by Crippen LogP contribution is -2.30. The number of anilines is 1. The maximum Gasteiger partial charge on any atom is 0.248 e. The molecule has 0 unspecified atom stereocenters. The molecule has 4 heteroatoms. The van der Waals surface area contributed by atoms with E-state index in [4.69, 9.17) is 0 Å². The number of pyridine rings is 1. The molecule has 2 rings (SSSR count). The van der Waals surface area contributed by atoms with Crippen LogP contribution >= 0.6 is 16.1 Å². The van der Waals surface area contributed by atoms with E-state index < -0.39 is 5.41 Å². The van der Waals surface area contributed by atoms with Gasteiger partial charge in [-0.2, -0.15) is 0 Å². The highest BCUT2D eigenvalue weighted by Crippen LogP contribution is 2.41. The summed E-state index contributed by atoms with van der Waals surface area (Å²) >= 11 is 3.22. The minimum absolute atomic E-state index is 0.0289. The molecule has 0 fully saturated rings. The topological polar surface area (TPSA) is 33.2 Å². The molecule has 0 radical (unpaired) electrons. The fourth-order valence-electron chi connectivity index (χ4n) is 1.49. The fraction of sp³-hybridized carbons (Fsp3) is 0.333. The number of carbonyl (C=O) groups is 1. The quantitative estimate of drug-likeness (QED) is 0.651. The molecule has 0 aromatic carbocycles. The zero-order valence-electron chi connectivity index (χ0n) is 7.41. The van der Waals surface area contributed by atoms with Gasteiger partial charge in [0.2, 0.25) is 5.91 Å². The largest absolute Gasteiger partial charge is 0.273 e. The third-order valence-electron chi connectivity index (χ3n) is 2.30. The first-order valence-electron chi connectivity index (χ1n) is 4.01. The molecule has 0 N–H and O–H groups in total. The molecule has 0 saturated carbocycles. The first kappa shape index (κ1) is 8.69. The Morgan fingerprint density at radius 1 is 1.54 bits per heavy atom. The molecule has 3 nitrogen and oxygen atoms in total. The van der Waals surface area contributed by atoms with Crippen molar-refractivity contribution in [1.29, 1.82) is 0 Å². The number of carbonyl (C=O) groups excluding carboxylic acids is 1. The van der Waals surface area contributed by atoms with Gasteiger partial charge in [-0.05, 0) is 26.0 Å². The highest BCUT2D eigenvalue weighted by Gasteiger charge is 2.44. The van der Waals surface area contributed by atoms with E-state index >= 15 is 0 Å². The molecule has 2 heterocycles. The normalized spacial score (nSPS) is 19.0. The van der Waals surface area contributed by atoms with Crippen LogP contribution in [0.3, 0.4) is 0 Å². The number of rotatable bonds is 0. The van der Waals surface area contributed by atoms with Gasteiger partial charge in [0.05, 0.1) is 32.9 Å². The van der Waals surface area contributed by atoms with Crippen molar-refractivity contribution in [3.8, 4) is 0 Å². The second kappa shape index (κ2) is 2.54. The summed E-state index contributed by atoms with van der Waals surface area (Å²) in [5.41, 5.74) is 1.16. The monoisotopic (exact) mass is 240 g/mol. The van der Waals surface area contributed by atoms with Crippen molar-refractivity contribution in [1.82, 2.24) is 4.98 Å². The van der Waals surface area contributed by atoms with Crippen LogP contribution in [0.5, 0.6) is 0 Å². The number of nitrogens with zero attached hydrogens (tertiary/aromatic N) is 2. The average molecular weight is 241 g/mol. The van der Waals surface area contributed by atoms with Crippen molar-refractivity contribution in [3.63, 3.8) is 0 Å². The van der Waals surface area contributed by atoms with Crippen LogP contribution < -0.4 is 3.93 Å². The molecule has 68 valence electrons. The van der Waals surface area contributed by atoms with E-state index in [0.717, 1.165) is 11.4 Å². The van der Waals surface area contributed by atoms with Gasteiger partial charge >= 0.3 is 0 Å². The van der Waals surface area contributed by atoms with Crippen molar-refractivity contribution in [2.45, 2.75) is 19.3 Å². The molecule has 0 spiro atoms. The van der Waals surface area contributed by atoms with Crippen molar-refractivity contribution in [2.24, 2.45) is 0 Å². The molecule has 0 saturated heterocycles. The summed E-state index contributed by atoms with van der Waals surface area (Å²) in [5.74, 6) is 0.0289. The van der Waals surface area contributed by atoms with Gasteiger partial charge in [0.15, 0.2) is 0 Å². The van der Waals surface area contributed by atoms with Crippen LogP contribution in [0, 0.1) is 0 Å². The molecule has 1 amide bonds. The van der Waals surface area contributed by atoms with Crippen LogP contribution in [0.25, 0.3) is 0 Å². The molecule has 0 atom stereocenters. The van der Waals surface area contributed by atoms with Crippen LogP contribution in [0.2, 0.25) is 0 Å². The third kappa shape index (κ3) is 1.01. The summed E-state index contributed by atoms with van der Waals surface area (Å²) < 4.78 is 1.48. The van der Waals surface area contributed by atoms with Gasteiger partial charge in [-0.1, -0.05) is 0 Å². The van der Waals surface area contributed by atoms with E-state index in [9.17, 15) is 4.79 Å². The van der Waals surface area contributed by atoms with Gasteiger partial charge in [0, 0.05) is 6.20 Å². The Morgan fingerprint density at radius 2 is 2.23 bits per heavy atom. The Balaban J connectivity index is 2.68. The van der Waals surface area contributed by atoms with E-state index in [0.29, 0.717) is 0 Å². The van der Waals surface area contributed by atoms with E-state index in [1.807, 2.05) is 26.0 Å². The number of amides is 1. The summed E-state index contributed by atoms with van der Waals surface area (Å²) in [6.45, 7) is 3.75. The standard InChI is InChI=1S/C9H9BrN2O/c1-9(2)7-6(4-3-5-11-7)12(10)8(9)13/h3-5H,1-2H3. The predicted molar refractivity (Wildman–Crippen MR) is 53.7 cm³/mol. The van der Waals surface area contributed by atoms with E-state index in [-0.39, 0.29) is 5.91 Å². The number of aromatic nitrogens is 1. The van der Waals surface area contributed by atoms with E-state index in [1.165, 1.54) is 3.93 Å². The molecule has 1 aromatic rings. The maximum atomic E-state index is 11.7. The van der Waals surface area contributed by atoms with Gasteiger partial charge in [-0.15, -0.1) is 0 Å². The average Bonchev–Trinajstić information content (AvgIpc) is 2.30. The minimum atomic E-state index is -0.514. The lowest BCUT2D eigenvalue weighted by molar-refractivity contribution is -0.120. The zero-order valence-corrected chi connectivity index (χ0v) is 9.00. The van der Waals surface area contributed by atoms with Crippen molar-refractivity contribution in [3.05, 3.63) is 24.0 Å². The van der Waals surface area contributed by atoms with Crippen LogP contribution in [-0.2, 0) is 10.2 Å². The highest BCUT2D eigenvalue weighted by atomic mass is 79.9. The Hall–Kier alpha value is -0.900. The molecular weight excluding hydrogens is 232 g/mol. The Morgan fingerprint density at radius 3 is 2.85 bits per heavy atom. The number of halogens is 1. The summed E-state index contributed by atoms with van der Waals surface area (Å²) in [5, 5.41) is 0. The summed E-state index contributed by atoms with van der Waals surface area (Å²) in [6.07, 6.45) is 1.71. The van der Waals surface area contributed by atoms with Crippen LogP contribution in [0.1, 0.15) is 19.5 Å². The first-order valence-corrected chi connectivity index (χ1v) is 4.72. The Labute approximate surface area is 85.1 Å². The van der Waals surface area contributed by atoms with Gasteiger partial charge < -0.3 is 0 Å². The molecular formula is C9H9BrN2O. The Kier molecular flexibility index (Phi) is 1.70. The van der Waals surface area contributed by atoms with E-state index in [1.54, 1.807) is 6.20 Å². The van der Waals surface area contributed by atoms with Crippen molar-refractivity contribution >= 4 is 27.7 Å².